The van der Waals surface area contributed by atoms with Gasteiger partial charge in [-0.1, -0.05) is 12.1 Å². The van der Waals surface area contributed by atoms with Gasteiger partial charge >= 0.3 is 0 Å². The number of pyridine rings is 1. The summed E-state index contributed by atoms with van der Waals surface area (Å²) in [5.74, 6) is 0.170. The first-order valence-corrected chi connectivity index (χ1v) is 9.03. The molecule has 1 N–H and O–H groups in total. The lowest BCUT2D eigenvalue weighted by molar-refractivity contribution is 0.305. The van der Waals surface area contributed by atoms with Gasteiger partial charge in [0.05, 0.1) is 11.2 Å². The van der Waals surface area contributed by atoms with Crippen LogP contribution in [0.4, 0.5) is 4.39 Å². The number of H-pyrrole nitrogens is 1. The van der Waals surface area contributed by atoms with Gasteiger partial charge in [-0.2, -0.15) is 5.10 Å². The van der Waals surface area contributed by atoms with Crippen molar-refractivity contribution in [1.29, 1.82) is 0 Å². The van der Waals surface area contributed by atoms with Crippen molar-refractivity contribution in [1.82, 2.24) is 20.1 Å². The quantitative estimate of drug-likeness (QED) is 0.542. The summed E-state index contributed by atoms with van der Waals surface area (Å²) in [6.07, 6.45) is 3.45. The Balaban J connectivity index is 1.70. The molecule has 0 saturated carbocycles. The van der Waals surface area contributed by atoms with Crippen LogP contribution in [0.15, 0.2) is 60.9 Å². The first-order chi connectivity index (χ1) is 13.6. The summed E-state index contributed by atoms with van der Waals surface area (Å²) < 4.78 is 19.8. The van der Waals surface area contributed by atoms with Crippen molar-refractivity contribution >= 4 is 10.9 Å². The third kappa shape index (κ3) is 3.87. The molecule has 0 fully saturated rings. The molecule has 0 bridgehead atoms. The topological polar surface area (TPSA) is 54.0 Å². The SMILES string of the molecule is CN(C)Cc1n[nH]c2ccc(-c3ccc(F)cc3OCc3cccnc3)cc12. The average molecular weight is 376 g/mol. The lowest BCUT2D eigenvalue weighted by Crippen LogP contribution is -2.11. The number of fused-ring (bicyclic) bond motifs is 1. The van der Waals surface area contributed by atoms with Crippen LogP contribution in [0.3, 0.4) is 0 Å². The second-order valence-corrected chi connectivity index (χ2v) is 6.96. The van der Waals surface area contributed by atoms with Crippen LogP contribution in [-0.4, -0.2) is 34.2 Å². The number of rotatable bonds is 6. The average Bonchev–Trinajstić information content (AvgIpc) is 3.09. The summed E-state index contributed by atoms with van der Waals surface area (Å²) in [4.78, 5) is 6.16. The number of nitrogens with zero attached hydrogens (tertiary/aromatic N) is 3. The highest BCUT2D eigenvalue weighted by molar-refractivity contribution is 5.87. The smallest absolute Gasteiger partial charge is 0.130 e. The van der Waals surface area contributed by atoms with E-state index in [1.807, 2.05) is 38.4 Å². The summed E-state index contributed by atoms with van der Waals surface area (Å²) in [5, 5.41) is 8.54. The molecule has 0 aliphatic carbocycles. The van der Waals surface area contributed by atoms with Gasteiger partial charge in [0.25, 0.3) is 0 Å². The molecule has 0 atom stereocenters. The van der Waals surface area contributed by atoms with Crippen LogP contribution in [0.2, 0.25) is 0 Å². The number of aromatic nitrogens is 3. The lowest BCUT2D eigenvalue weighted by atomic mass is 10.0. The van der Waals surface area contributed by atoms with Crippen LogP contribution in [0.1, 0.15) is 11.3 Å². The van der Waals surface area contributed by atoms with E-state index in [-0.39, 0.29) is 5.82 Å². The Bertz CT molecular complexity index is 1090. The zero-order valence-corrected chi connectivity index (χ0v) is 15.8. The highest BCUT2D eigenvalue weighted by Crippen LogP contribution is 2.33. The summed E-state index contributed by atoms with van der Waals surface area (Å²) >= 11 is 0. The van der Waals surface area contributed by atoms with Crippen LogP contribution in [0.5, 0.6) is 5.75 Å². The van der Waals surface area contributed by atoms with Crippen molar-refractivity contribution in [2.45, 2.75) is 13.2 Å². The number of benzene rings is 2. The Morgan fingerprint density at radius 3 is 2.79 bits per heavy atom. The highest BCUT2D eigenvalue weighted by atomic mass is 19.1. The van der Waals surface area contributed by atoms with E-state index in [0.29, 0.717) is 12.4 Å². The van der Waals surface area contributed by atoms with E-state index < -0.39 is 0 Å². The molecular weight excluding hydrogens is 355 g/mol. The first kappa shape index (κ1) is 18.1. The molecule has 0 aliphatic heterocycles. The van der Waals surface area contributed by atoms with Crippen LogP contribution < -0.4 is 4.74 Å². The van der Waals surface area contributed by atoms with Gasteiger partial charge in [0, 0.05) is 41.5 Å². The van der Waals surface area contributed by atoms with Gasteiger partial charge in [-0.05, 0) is 50.0 Å². The van der Waals surface area contributed by atoms with Gasteiger partial charge in [0.15, 0.2) is 0 Å². The second-order valence-electron chi connectivity index (χ2n) is 6.96. The van der Waals surface area contributed by atoms with Crippen molar-refractivity contribution < 1.29 is 9.13 Å². The summed E-state index contributed by atoms with van der Waals surface area (Å²) in [6, 6.07) is 14.5. The molecule has 0 radical (unpaired) electrons. The minimum atomic E-state index is -0.331. The standard InChI is InChI=1S/C22H21FN4O/c1-27(2)13-21-19-10-16(5-8-20(19)25-26-21)18-7-6-17(23)11-22(18)28-14-15-4-3-9-24-12-15/h3-12H,13-14H2,1-2H3,(H,25,26). The molecule has 2 heterocycles. The normalized spacial score (nSPS) is 11.3. The van der Waals surface area contributed by atoms with Crippen molar-refractivity contribution in [3.8, 4) is 16.9 Å². The maximum absolute atomic E-state index is 13.9. The highest BCUT2D eigenvalue weighted by Gasteiger charge is 2.12. The van der Waals surface area contributed by atoms with Gasteiger partial charge in [-0.15, -0.1) is 0 Å². The van der Waals surface area contributed by atoms with Crippen LogP contribution in [0.25, 0.3) is 22.0 Å². The maximum atomic E-state index is 13.9. The Kier molecular flexibility index (Phi) is 5.04. The van der Waals surface area contributed by atoms with Gasteiger partial charge in [-0.3, -0.25) is 10.1 Å². The molecule has 0 aliphatic rings. The molecule has 0 amide bonds. The molecule has 2 aromatic heterocycles. The Labute approximate surface area is 162 Å². The molecular formula is C22H21FN4O. The molecule has 0 spiro atoms. The molecule has 0 saturated heterocycles. The fourth-order valence-electron chi connectivity index (χ4n) is 3.15. The van der Waals surface area contributed by atoms with E-state index in [1.165, 1.54) is 12.1 Å². The molecule has 4 rings (SSSR count). The third-order valence-electron chi connectivity index (χ3n) is 4.48. The van der Waals surface area contributed by atoms with Gasteiger partial charge in [0.2, 0.25) is 0 Å². The number of ether oxygens (including phenoxy) is 1. The molecule has 4 aromatic rings. The van der Waals surface area contributed by atoms with E-state index >= 15 is 0 Å². The molecule has 2 aromatic carbocycles. The molecule has 0 unspecified atom stereocenters. The first-order valence-electron chi connectivity index (χ1n) is 9.03. The van der Waals surface area contributed by atoms with E-state index in [2.05, 4.69) is 26.1 Å². The zero-order chi connectivity index (χ0) is 19.5. The summed E-state index contributed by atoms with van der Waals surface area (Å²) in [6.45, 7) is 1.06. The van der Waals surface area contributed by atoms with Crippen molar-refractivity contribution in [2.24, 2.45) is 0 Å². The van der Waals surface area contributed by atoms with E-state index in [1.54, 1.807) is 18.5 Å². The predicted octanol–water partition coefficient (Wildman–Crippen LogP) is 4.40. The molecule has 6 heteroatoms. The van der Waals surface area contributed by atoms with Crippen LogP contribution in [0, 0.1) is 5.82 Å². The van der Waals surface area contributed by atoms with E-state index in [4.69, 9.17) is 4.74 Å². The number of hydrogen-bond acceptors (Lipinski definition) is 4. The Hall–Kier alpha value is -3.25. The van der Waals surface area contributed by atoms with Crippen molar-refractivity contribution in [3.05, 3.63) is 78.0 Å². The van der Waals surface area contributed by atoms with Crippen LogP contribution in [-0.2, 0) is 13.2 Å². The van der Waals surface area contributed by atoms with Gasteiger partial charge in [-0.25, -0.2) is 4.39 Å². The third-order valence-corrected chi connectivity index (χ3v) is 4.48. The van der Waals surface area contributed by atoms with Gasteiger partial charge < -0.3 is 9.64 Å². The van der Waals surface area contributed by atoms with Crippen molar-refractivity contribution in [2.75, 3.05) is 14.1 Å². The minimum Gasteiger partial charge on any atom is -0.488 e. The van der Waals surface area contributed by atoms with Crippen molar-refractivity contribution in [3.63, 3.8) is 0 Å². The number of hydrogen-bond donors (Lipinski definition) is 1. The summed E-state index contributed by atoms with van der Waals surface area (Å²) in [5.41, 5.74) is 4.66. The molecule has 28 heavy (non-hydrogen) atoms. The Morgan fingerprint density at radius 2 is 2.00 bits per heavy atom. The summed E-state index contributed by atoms with van der Waals surface area (Å²) in [7, 11) is 4.02. The largest absolute Gasteiger partial charge is 0.488 e. The predicted molar refractivity (Wildman–Crippen MR) is 107 cm³/mol. The molecule has 5 nitrogen and oxygen atoms in total. The maximum Gasteiger partial charge on any atom is 0.130 e. The van der Waals surface area contributed by atoms with E-state index in [0.717, 1.165) is 39.8 Å². The fraction of sp³-hybridized carbons (Fsp3) is 0.182. The molecule has 142 valence electrons. The fourth-order valence-corrected chi connectivity index (χ4v) is 3.15. The van der Waals surface area contributed by atoms with Gasteiger partial charge in [0.1, 0.15) is 18.2 Å². The number of halogens is 1. The lowest BCUT2D eigenvalue weighted by Gasteiger charge is -2.13. The number of nitrogens with one attached hydrogen (secondary N) is 1. The Morgan fingerprint density at radius 1 is 1.11 bits per heavy atom. The van der Waals surface area contributed by atoms with Crippen LogP contribution >= 0.6 is 0 Å². The number of aromatic amines is 1. The second kappa shape index (κ2) is 7.78. The van der Waals surface area contributed by atoms with E-state index in [9.17, 15) is 4.39 Å². The zero-order valence-electron chi connectivity index (χ0n) is 15.8. The monoisotopic (exact) mass is 376 g/mol. The minimum absolute atomic E-state index is 0.324.